The van der Waals surface area contributed by atoms with Crippen LogP contribution in [0, 0.1) is 7.05 Å². The van der Waals surface area contributed by atoms with Gasteiger partial charge in [-0.2, -0.15) is 10.7 Å². The highest BCUT2D eigenvalue weighted by molar-refractivity contribution is 8.12. The molecule has 0 aliphatic carbocycles. The first-order chi connectivity index (χ1) is 3.80. The first kappa shape index (κ1) is 6.26. The summed E-state index contributed by atoms with van der Waals surface area (Å²) in [5.41, 5.74) is 0. The lowest BCUT2D eigenvalue weighted by Gasteiger charge is -2.32. The molecule has 1 saturated heterocycles. The average Bonchev–Trinajstić information content (AvgIpc) is 1.77. The summed E-state index contributed by atoms with van der Waals surface area (Å²) in [6.07, 6.45) is 0. The van der Waals surface area contributed by atoms with Crippen LogP contribution in [0.1, 0.15) is 0 Å². The highest BCUT2D eigenvalue weighted by Gasteiger charge is 2.01. The standard InChI is InChI=1S/C5H10NOS/c1-6-5-7-3-4-8(6)2/h1-5H2/q-1. The van der Waals surface area contributed by atoms with Gasteiger partial charge in [0.25, 0.3) is 0 Å². The molecule has 48 valence electrons. The van der Waals surface area contributed by atoms with E-state index >= 15 is 0 Å². The van der Waals surface area contributed by atoms with Gasteiger partial charge in [0.05, 0.1) is 13.3 Å². The molecular formula is C5H10NOS-. The van der Waals surface area contributed by atoms with Crippen molar-refractivity contribution in [3.63, 3.8) is 0 Å². The van der Waals surface area contributed by atoms with Crippen LogP contribution in [0.3, 0.4) is 0 Å². The molecule has 0 saturated carbocycles. The summed E-state index contributed by atoms with van der Waals surface area (Å²) in [6, 6.07) is 0. The Morgan fingerprint density at radius 3 is 2.88 bits per heavy atom. The SMILES string of the molecule is C=S1CCOCN1[CH2-]. The molecule has 0 aromatic carbocycles. The van der Waals surface area contributed by atoms with Crippen molar-refractivity contribution in [3.8, 4) is 0 Å². The fourth-order valence-electron chi connectivity index (χ4n) is 0.525. The summed E-state index contributed by atoms with van der Waals surface area (Å²) < 4.78 is 6.96. The van der Waals surface area contributed by atoms with Crippen molar-refractivity contribution in [2.45, 2.75) is 0 Å². The molecule has 1 unspecified atom stereocenters. The molecule has 1 rings (SSSR count). The smallest absolute Gasteiger partial charge is 0.0801 e. The number of rotatable bonds is 0. The molecule has 0 spiro atoms. The van der Waals surface area contributed by atoms with Crippen molar-refractivity contribution in [3.05, 3.63) is 7.05 Å². The Morgan fingerprint density at radius 2 is 2.50 bits per heavy atom. The summed E-state index contributed by atoms with van der Waals surface area (Å²) in [5, 5.41) is 0. The van der Waals surface area contributed by atoms with E-state index in [4.69, 9.17) is 4.74 Å². The Kier molecular flexibility index (Phi) is 2.05. The van der Waals surface area contributed by atoms with Gasteiger partial charge < -0.3 is 9.04 Å². The molecule has 0 amide bonds. The van der Waals surface area contributed by atoms with E-state index in [1.54, 1.807) is 0 Å². The van der Waals surface area contributed by atoms with Crippen LogP contribution in [0.15, 0.2) is 0 Å². The van der Waals surface area contributed by atoms with Crippen LogP contribution < -0.4 is 0 Å². The maximum atomic E-state index is 5.08. The van der Waals surface area contributed by atoms with E-state index in [-0.39, 0.29) is 10.7 Å². The van der Waals surface area contributed by atoms with Crippen molar-refractivity contribution in [1.29, 1.82) is 0 Å². The zero-order valence-electron chi connectivity index (χ0n) is 4.80. The minimum Gasteiger partial charge on any atom is -0.389 e. The molecule has 3 heteroatoms. The molecule has 1 heterocycles. The van der Waals surface area contributed by atoms with Crippen LogP contribution in [0.5, 0.6) is 0 Å². The van der Waals surface area contributed by atoms with Crippen LogP contribution in [0.2, 0.25) is 0 Å². The molecule has 1 aliphatic heterocycles. The molecule has 1 aliphatic rings. The Morgan fingerprint density at radius 1 is 1.75 bits per heavy atom. The predicted molar refractivity (Wildman–Crippen MR) is 37.6 cm³/mol. The van der Waals surface area contributed by atoms with Gasteiger partial charge in [0.1, 0.15) is 0 Å². The summed E-state index contributed by atoms with van der Waals surface area (Å²) in [6.45, 7) is 1.49. The van der Waals surface area contributed by atoms with Crippen molar-refractivity contribution in [2.24, 2.45) is 0 Å². The molecule has 0 N–H and O–H groups in total. The highest BCUT2D eigenvalue weighted by atomic mass is 32.2. The molecule has 1 atom stereocenters. The van der Waals surface area contributed by atoms with Gasteiger partial charge in [-0.25, -0.2) is 0 Å². The van der Waals surface area contributed by atoms with Crippen molar-refractivity contribution in [2.75, 3.05) is 19.1 Å². The third-order valence-electron chi connectivity index (χ3n) is 1.06. The van der Waals surface area contributed by atoms with Crippen molar-refractivity contribution < 1.29 is 4.74 Å². The van der Waals surface area contributed by atoms with E-state index in [0.29, 0.717) is 6.73 Å². The molecule has 0 radical (unpaired) electrons. The van der Waals surface area contributed by atoms with E-state index in [1.165, 1.54) is 0 Å². The van der Waals surface area contributed by atoms with Gasteiger partial charge >= 0.3 is 0 Å². The summed E-state index contributed by atoms with van der Waals surface area (Å²) in [4.78, 5) is 0. The molecule has 1 fully saturated rings. The Labute approximate surface area is 52.5 Å². The Hall–Kier alpha value is 0.140. The van der Waals surface area contributed by atoms with E-state index < -0.39 is 0 Å². The summed E-state index contributed by atoms with van der Waals surface area (Å²) in [7, 11) is 3.85. The molecule has 8 heavy (non-hydrogen) atoms. The molecular weight excluding hydrogens is 122 g/mol. The molecule has 0 aromatic rings. The molecule has 0 aromatic heterocycles. The van der Waals surface area contributed by atoms with Gasteiger partial charge in [-0.05, 0) is 0 Å². The number of hydrogen-bond acceptors (Lipinski definition) is 2. The van der Waals surface area contributed by atoms with Crippen LogP contribution in [-0.4, -0.2) is 29.3 Å². The topological polar surface area (TPSA) is 12.5 Å². The third kappa shape index (κ3) is 1.31. The second-order valence-corrected chi connectivity index (χ2v) is 3.53. The quantitative estimate of drug-likeness (QED) is 0.355. The second kappa shape index (κ2) is 2.62. The zero-order valence-corrected chi connectivity index (χ0v) is 5.62. The number of ether oxygens (including phenoxy) is 1. The molecule has 2 nitrogen and oxygen atoms in total. The first-order valence-electron chi connectivity index (χ1n) is 2.47. The largest absolute Gasteiger partial charge is 0.389 e. The van der Waals surface area contributed by atoms with Crippen molar-refractivity contribution >= 4 is 16.5 Å². The lowest BCUT2D eigenvalue weighted by molar-refractivity contribution is 0.0930. The maximum Gasteiger partial charge on any atom is 0.0801 e. The van der Waals surface area contributed by atoms with E-state index in [2.05, 4.69) is 12.9 Å². The lowest BCUT2D eigenvalue weighted by Crippen LogP contribution is -2.22. The van der Waals surface area contributed by atoms with Crippen LogP contribution >= 0.6 is 10.7 Å². The monoisotopic (exact) mass is 132 g/mol. The average molecular weight is 132 g/mol. The minimum absolute atomic E-state index is 0.112. The minimum atomic E-state index is 0.112. The van der Waals surface area contributed by atoms with E-state index in [9.17, 15) is 0 Å². The fourth-order valence-corrected chi connectivity index (χ4v) is 1.32. The van der Waals surface area contributed by atoms with Gasteiger partial charge in [-0.1, -0.05) is 5.87 Å². The third-order valence-corrected chi connectivity index (χ3v) is 2.54. The number of hydrogen-bond donors (Lipinski definition) is 0. The van der Waals surface area contributed by atoms with Crippen molar-refractivity contribution in [1.82, 2.24) is 4.31 Å². The van der Waals surface area contributed by atoms with E-state index in [0.717, 1.165) is 12.4 Å². The first-order valence-corrected chi connectivity index (χ1v) is 3.99. The Balaban J connectivity index is 2.39. The highest BCUT2D eigenvalue weighted by Crippen LogP contribution is 2.18. The van der Waals surface area contributed by atoms with Gasteiger partial charge in [0, 0.05) is 5.75 Å². The molecule has 0 bridgehead atoms. The van der Waals surface area contributed by atoms with Gasteiger partial charge in [-0.15, -0.1) is 0 Å². The maximum absolute atomic E-state index is 5.08. The van der Waals surface area contributed by atoms with Gasteiger partial charge in [-0.3, -0.25) is 7.05 Å². The zero-order chi connectivity index (χ0) is 5.98. The Bertz CT molecular complexity index is 105. The van der Waals surface area contributed by atoms with Gasteiger partial charge in [0.15, 0.2) is 0 Å². The van der Waals surface area contributed by atoms with Crippen LogP contribution in [0.4, 0.5) is 0 Å². The lowest BCUT2D eigenvalue weighted by atomic mass is 10.8. The second-order valence-electron chi connectivity index (χ2n) is 1.69. The normalized spacial score (nSPS) is 32.9. The van der Waals surface area contributed by atoms with E-state index in [1.807, 2.05) is 4.31 Å². The summed E-state index contributed by atoms with van der Waals surface area (Å²) >= 11 is 0. The summed E-state index contributed by atoms with van der Waals surface area (Å²) in [5.74, 6) is 4.92. The van der Waals surface area contributed by atoms with Gasteiger partial charge in [0.2, 0.25) is 0 Å². The fraction of sp³-hybridized carbons (Fsp3) is 0.600. The number of nitrogens with zero attached hydrogens (tertiary/aromatic N) is 1. The van der Waals surface area contributed by atoms with Crippen LogP contribution in [0.25, 0.3) is 0 Å². The predicted octanol–water partition coefficient (Wildman–Crippen LogP) is 0.684. The van der Waals surface area contributed by atoms with Crippen LogP contribution in [-0.2, 0) is 4.74 Å².